The van der Waals surface area contributed by atoms with Crippen LogP contribution in [0.1, 0.15) is 40.0 Å². The number of alkyl halides is 2. The molecule has 3 fully saturated rings. The van der Waals surface area contributed by atoms with Gasteiger partial charge in [-0.25, -0.2) is 0 Å². The van der Waals surface area contributed by atoms with Crippen LogP contribution in [0.15, 0.2) is 12.2 Å². The summed E-state index contributed by atoms with van der Waals surface area (Å²) in [6, 6.07) is 0. The number of hydrogen-bond acceptors (Lipinski definition) is 2. The second-order valence-electron chi connectivity index (χ2n) is 7.27. The minimum atomic E-state index is -0.436. The fraction of sp³-hybridized carbons (Fsp3) is 0.867. The van der Waals surface area contributed by atoms with E-state index in [0.29, 0.717) is 6.42 Å². The number of aliphatic hydroxyl groups is 1. The third-order valence-corrected chi connectivity index (χ3v) is 7.91. The maximum atomic E-state index is 10.3. The van der Waals surface area contributed by atoms with Crippen molar-refractivity contribution in [3.63, 3.8) is 0 Å². The van der Waals surface area contributed by atoms with E-state index in [4.69, 9.17) is 16.3 Å². The highest BCUT2D eigenvalue weighted by Gasteiger charge is 2.70. The molecule has 2 aliphatic carbocycles. The Morgan fingerprint density at radius 2 is 2.00 bits per heavy atom. The van der Waals surface area contributed by atoms with E-state index in [-0.39, 0.29) is 32.7 Å². The topological polar surface area (TPSA) is 29.5 Å². The van der Waals surface area contributed by atoms with E-state index in [1.54, 1.807) is 0 Å². The van der Waals surface area contributed by atoms with E-state index in [2.05, 4.69) is 43.3 Å². The molecule has 1 spiro atoms. The Morgan fingerprint density at radius 3 is 2.63 bits per heavy atom. The zero-order chi connectivity index (χ0) is 14.2. The molecule has 3 rings (SSSR count). The van der Waals surface area contributed by atoms with Crippen LogP contribution in [0.2, 0.25) is 0 Å². The third-order valence-electron chi connectivity index (χ3n) is 5.90. The van der Waals surface area contributed by atoms with Gasteiger partial charge < -0.3 is 9.84 Å². The molecule has 0 radical (unpaired) electrons. The summed E-state index contributed by atoms with van der Waals surface area (Å²) >= 11 is 10.4. The number of hydrogen-bond donors (Lipinski definition) is 1. The largest absolute Gasteiger partial charge is 0.390 e. The average molecular weight is 350 g/mol. The van der Waals surface area contributed by atoms with Crippen molar-refractivity contribution < 1.29 is 9.84 Å². The van der Waals surface area contributed by atoms with Gasteiger partial charge in [0.15, 0.2) is 0 Å². The molecule has 1 N–H and O–H groups in total. The van der Waals surface area contributed by atoms with Gasteiger partial charge in [0.1, 0.15) is 0 Å². The molecule has 2 saturated carbocycles. The Bertz CT molecular complexity index is 434. The number of fused-ring (bicyclic) bond motifs is 1. The average Bonchev–Trinajstić information content (AvgIpc) is 2.41. The molecule has 6 atom stereocenters. The van der Waals surface area contributed by atoms with Crippen molar-refractivity contribution in [3.8, 4) is 0 Å². The first-order valence-corrected chi connectivity index (χ1v) is 8.27. The summed E-state index contributed by atoms with van der Waals surface area (Å²) in [5.41, 5.74) is 0.992. The zero-order valence-corrected chi connectivity index (χ0v) is 14.1. The van der Waals surface area contributed by atoms with Crippen molar-refractivity contribution in [2.24, 2.45) is 10.8 Å². The standard InChI is InChI=1S/C15H22BrClO2/c1-8-5-9(18)12-13(2,3)15(8)6-10(16)14(4,17)7-11(15)19-12/h9-12,18H,1,5-7H2,2-4H3/t9-,10+,11+,12-,14-,15-/m1/s1. The second kappa shape index (κ2) is 4.00. The summed E-state index contributed by atoms with van der Waals surface area (Å²) < 4.78 is 6.25. The van der Waals surface area contributed by atoms with E-state index < -0.39 is 6.10 Å². The number of ether oxygens (including phenoxy) is 1. The van der Waals surface area contributed by atoms with Gasteiger partial charge in [-0.1, -0.05) is 41.9 Å². The Balaban J connectivity index is 2.10. The minimum absolute atomic E-state index is 0.0561. The first-order valence-electron chi connectivity index (χ1n) is 6.98. The van der Waals surface area contributed by atoms with Crippen LogP contribution in [-0.2, 0) is 4.74 Å². The van der Waals surface area contributed by atoms with E-state index in [1.807, 2.05) is 0 Å². The molecule has 108 valence electrons. The Labute approximate surface area is 128 Å². The summed E-state index contributed by atoms with van der Waals surface area (Å²) in [4.78, 5) is -0.0548. The molecule has 0 unspecified atom stereocenters. The summed E-state index contributed by atoms with van der Waals surface area (Å²) in [6.45, 7) is 10.8. The molecular formula is C15H22BrClO2. The van der Waals surface area contributed by atoms with Gasteiger partial charge in [0.05, 0.1) is 23.2 Å². The highest BCUT2D eigenvalue weighted by atomic mass is 79.9. The molecule has 0 amide bonds. The Hall–Kier alpha value is 0.430. The van der Waals surface area contributed by atoms with E-state index in [1.165, 1.54) is 0 Å². The summed E-state index contributed by atoms with van der Waals surface area (Å²) in [5.74, 6) is 0. The molecule has 2 nitrogen and oxygen atoms in total. The van der Waals surface area contributed by atoms with Gasteiger partial charge >= 0.3 is 0 Å². The zero-order valence-electron chi connectivity index (χ0n) is 11.7. The highest BCUT2D eigenvalue weighted by Crippen LogP contribution is 2.68. The van der Waals surface area contributed by atoms with Gasteiger partial charge in [0.2, 0.25) is 0 Å². The predicted molar refractivity (Wildman–Crippen MR) is 80.8 cm³/mol. The second-order valence-corrected chi connectivity index (χ2v) is 9.24. The predicted octanol–water partition coefficient (Wildman–Crippen LogP) is 3.64. The van der Waals surface area contributed by atoms with Crippen molar-refractivity contribution in [2.75, 3.05) is 0 Å². The van der Waals surface area contributed by atoms with E-state index in [9.17, 15) is 5.11 Å². The molecule has 0 aromatic heterocycles. The van der Waals surface area contributed by atoms with Gasteiger partial charge in [0.25, 0.3) is 0 Å². The van der Waals surface area contributed by atoms with Crippen molar-refractivity contribution in [1.82, 2.24) is 0 Å². The molecule has 4 heteroatoms. The van der Waals surface area contributed by atoms with Crippen molar-refractivity contribution >= 4 is 27.5 Å². The maximum absolute atomic E-state index is 10.3. The molecule has 2 bridgehead atoms. The lowest BCUT2D eigenvalue weighted by Crippen LogP contribution is -2.57. The lowest BCUT2D eigenvalue weighted by atomic mass is 9.49. The SMILES string of the molecule is C=C1C[C@@H](O)[C@H]2O[C@H]3C[C@@](C)(Cl)[C@@H](Br)C[C@@]13C2(C)C. The van der Waals surface area contributed by atoms with Gasteiger partial charge in [0, 0.05) is 15.7 Å². The molecule has 1 heterocycles. The Kier molecular flexibility index (Phi) is 3.02. The van der Waals surface area contributed by atoms with Crippen LogP contribution in [0.25, 0.3) is 0 Å². The van der Waals surface area contributed by atoms with Gasteiger partial charge in [-0.2, -0.15) is 0 Å². The van der Waals surface area contributed by atoms with Gasteiger partial charge in [-0.15, -0.1) is 11.6 Å². The van der Waals surface area contributed by atoms with Crippen LogP contribution in [0.5, 0.6) is 0 Å². The molecule has 0 aromatic rings. The molecule has 1 saturated heterocycles. The fourth-order valence-electron chi connectivity index (χ4n) is 4.68. The summed E-state index contributed by atoms with van der Waals surface area (Å²) in [6.07, 6.45) is 1.93. The van der Waals surface area contributed by atoms with Gasteiger partial charge in [-0.05, 0) is 26.2 Å². The maximum Gasteiger partial charge on any atom is 0.0901 e. The van der Waals surface area contributed by atoms with Crippen molar-refractivity contribution in [2.45, 2.75) is 68.0 Å². The molecular weight excluding hydrogens is 328 g/mol. The lowest BCUT2D eigenvalue weighted by Gasteiger charge is -2.55. The first-order chi connectivity index (χ1) is 8.63. The normalized spacial score (nSPS) is 56.0. The number of halogens is 2. The smallest absolute Gasteiger partial charge is 0.0901 e. The van der Waals surface area contributed by atoms with Crippen LogP contribution < -0.4 is 0 Å². The van der Waals surface area contributed by atoms with E-state index >= 15 is 0 Å². The minimum Gasteiger partial charge on any atom is -0.390 e. The summed E-state index contributed by atoms with van der Waals surface area (Å²) in [7, 11) is 0. The third kappa shape index (κ3) is 1.62. The molecule has 0 aromatic carbocycles. The van der Waals surface area contributed by atoms with Crippen LogP contribution in [0.4, 0.5) is 0 Å². The van der Waals surface area contributed by atoms with Crippen LogP contribution in [-0.4, -0.2) is 33.1 Å². The highest BCUT2D eigenvalue weighted by molar-refractivity contribution is 9.09. The number of aliphatic hydroxyl groups excluding tert-OH is 1. The monoisotopic (exact) mass is 348 g/mol. The van der Waals surface area contributed by atoms with E-state index in [0.717, 1.165) is 18.4 Å². The molecule has 19 heavy (non-hydrogen) atoms. The fourth-order valence-corrected chi connectivity index (χ4v) is 5.59. The summed E-state index contributed by atoms with van der Waals surface area (Å²) in [5, 5.41) is 10.3. The van der Waals surface area contributed by atoms with Crippen molar-refractivity contribution in [1.29, 1.82) is 0 Å². The van der Waals surface area contributed by atoms with Crippen LogP contribution in [0, 0.1) is 10.8 Å². The molecule has 3 aliphatic rings. The Morgan fingerprint density at radius 1 is 1.37 bits per heavy atom. The quantitative estimate of drug-likeness (QED) is 0.534. The van der Waals surface area contributed by atoms with Crippen LogP contribution >= 0.6 is 27.5 Å². The number of rotatable bonds is 0. The lowest BCUT2D eigenvalue weighted by molar-refractivity contribution is -0.0646. The first kappa shape index (κ1) is 14.4. The van der Waals surface area contributed by atoms with Crippen LogP contribution in [0.3, 0.4) is 0 Å². The molecule has 1 aliphatic heterocycles. The van der Waals surface area contributed by atoms with Crippen molar-refractivity contribution in [3.05, 3.63) is 12.2 Å². The van der Waals surface area contributed by atoms with Gasteiger partial charge in [-0.3, -0.25) is 0 Å².